The van der Waals surface area contributed by atoms with Crippen molar-refractivity contribution in [2.45, 2.75) is 6.92 Å². The predicted molar refractivity (Wildman–Crippen MR) is 71.8 cm³/mol. The first kappa shape index (κ1) is 14.3. The van der Waals surface area contributed by atoms with Crippen molar-refractivity contribution in [3.63, 3.8) is 0 Å². The van der Waals surface area contributed by atoms with E-state index in [4.69, 9.17) is 21.1 Å². The fraction of sp³-hybridized carbons (Fsp3) is 0.143. The molecular weight excluding hydrogens is 285 g/mol. The van der Waals surface area contributed by atoms with Gasteiger partial charge in [0.25, 0.3) is 0 Å². The Hall–Kier alpha value is -2.14. The molecule has 4 nitrogen and oxygen atoms in total. The summed E-state index contributed by atoms with van der Waals surface area (Å²) in [6, 6.07) is 5.36. The monoisotopic (exact) mass is 295 g/mol. The number of carbonyl (C=O) groups excluding carboxylic acids is 1. The highest BCUT2D eigenvalue weighted by molar-refractivity contribution is 6.30. The molecule has 0 spiro atoms. The minimum atomic E-state index is -0.824. The van der Waals surface area contributed by atoms with Crippen LogP contribution in [-0.4, -0.2) is 17.6 Å². The standard InChI is InChI=1S/C14H11ClFNO3/c1-2-19-10-3-4-12(13(16)6-10)14(18)20-11-5-9(15)7-17-8-11/h3-8H,2H2,1H3. The van der Waals surface area contributed by atoms with Crippen molar-refractivity contribution in [3.05, 3.63) is 53.1 Å². The number of pyridine rings is 1. The van der Waals surface area contributed by atoms with Gasteiger partial charge in [0, 0.05) is 18.3 Å². The molecule has 1 heterocycles. The number of ether oxygens (including phenoxy) is 2. The van der Waals surface area contributed by atoms with Crippen LogP contribution in [0.2, 0.25) is 5.02 Å². The Balaban J connectivity index is 2.17. The van der Waals surface area contributed by atoms with Crippen molar-refractivity contribution in [3.8, 4) is 11.5 Å². The third-order valence-electron chi connectivity index (χ3n) is 2.36. The summed E-state index contributed by atoms with van der Waals surface area (Å²) in [6.45, 7) is 2.20. The fourth-order valence-corrected chi connectivity index (χ4v) is 1.69. The maximum Gasteiger partial charge on any atom is 0.346 e. The second-order valence-electron chi connectivity index (χ2n) is 3.80. The summed E-state index contributed by atoms with van der Waals surface area (Å²) in [6.07, 6.45) is 2.71. The SMILES string of the molecule is CCOc1ccc(C(=O)Oc2cncc(Cl)c2)c(F)c1. The van der Waals surface area contributed by atoms with Gasteiger partial charge in [0.2, 0.25) is 0 Å². The van der Waals surface area contributed by atoms with E-state index in [1.165, 1.54) is 30.6 Å². The van der Waals surface area contributed by atoms with Crippen LogP contribution in [0.15, 0.2) is 36.7 Å². The molecule has 0 fully saturated rings. The smallest absolute Gasteiger partial charge is 0.346 e. The lowest BCUT2D eigenvalue weighted by Crippen LogP contribution is -2.11. The van der Waals surface area contributed by atoms with Crippen molar-refractivity contribution in [2.75, 3.05) is 6.61 Å². The Kier molecular flexibility index (Phi) is 4.53. The number of esters is 1. The summed E-state index contributed by atoms with van der Waals surface area (Å²) >= 11 is 5.72. The van der Waals surface area contributed by atoms with Gasteiger partial charge in [0.05, 0.1) is 23.4 Å². The number of nitrogens with zero attached hydrogens (tertiary/aromatic N) is 1. The summed E-state index contributed by atoms with van der Waals surface area (Å²) < 4.78 is 23.9. The van der Waals surface area contributed by atoms with E-state index >= 15 is 0 Å². The molecular formula is C14H11ClFNO3. The molecule has 0 unspecified atom stereocenters. The van der Waals surface area contributed by atoms with Gasteiger partial charge in [-0.05, 0) is 19.1 Å². The van der Waals surface area contributed by atoms with Gasteiger partial charge >= 0.3 is 5.97 Å². The van der Waals surface area contributed by atoms with Crippen molar-refractivity contribution < 1.29 is 18.7 Å². The molecule has 0 atom stereocenters. The summed E-state index contributed by atoms with van der Waals surface area (Å²) in [4.78, 5) is 15.6. The van der Waals surface area contributed by atoms with Crippen molar-refractivity contribution in [2.24, 2.45) is 0 Å². The van der Waals surface area contributed by atoms with Crippen LogP contribution in [0.4, 0.5) is 4.39 Å². The highest BCUT2D eigenvalue weighted by Crippen LogP contribution is 2.20. The van der Waals surface area contributed by atoms with Gasteiger partial charge in [-0.3, -0.25) is 4.98 Å². The third kappa shape index (κ3) is 3.45. The molecule has 0 aliphatic rings. The molecule has 0 aliphatic carbocycles. The molecule has 0 aliphatic heterocycles. The first-order chi connectivity index (χ1) is 9.60. The fourth-order valence-electron chi connectivity index (χ4n) is 1.53. The van der Waals surface area contributed by atoms with Crippen LogP contribution in [0.25, 0.3) is 0 Å². The highest BCUT2D eigenvalue weighted by Gasteiger charge is 2.15. The molecule has 1 aromatic heterocycles. The van der Waals surface area contributed by atoms with E-state index in [2.05, 4.69) is 4.98 Å². The van der Waals surface area contributed by atoms with Gasteiger partial charge in [0.1, 0.15) is 11.6 Å². The van der Waals surface area contributed by atoms with E-state index in [-0.39, 0.29) is 11.3 Å². The Morgan fingerprint density at radius 3 is 2.75 bits per heavy atom. The van der Waals surface area contributed by atoms with Gasteiger partial charge in [-0.1, -0.05) is 11.6 Å². The molecule has 0 N–H and O–H groups in total. The van der Waals surface area contributed by atoms with Crippen LogP contribution in [0, 0.1) is 5.82 Å². The second-order valence-corrected chi connectivity index (χ2v) is 4.24. The number of hydrogen-bond acceptors (Lipinski definition) is 4. The lowest BCUT2D eigenvalue weighted by atomic mass is 10.2. The number of hydrogen-bond donors (Lipinski definition) is 0. The minimum absolute atomic E-state index is 0.149. The van der Waals surface area contributed by atoms with Gasteiger partial charge in [0.15, 0.2) is 5.75 Å². The number of carbonyl (C=O) groups is 1. The molecule has 104 valence electrons. The molecule has 0 bridgehead atoms. The minimum Gasteiger partial charge on any atom is -0.494 e. The average Bonchev–Trinajstić information content (AvgIpc) is 2.39. The summed E-state index contributed by atoms with van der Waals surface area (Å²) in [7, 11) is 0. The highest BCUT2D eigenvalue weighted by atomic mass is 35.5. The van der Waals surface area contributed by atoms with Gasteiger partial charge in [-0.15, -0.1) is 0 Å². The average molecular weight is 296 g/mol. The zero-order chi connectivity index (χ0) is 14.5. The molecule has 6 heteroatoms. The summed E-state index contributed by atoms with van der Waals surface area (Å²) in [5, 5.41) is 0.322. The van der Waals surface area contributed by atoms with Gasteiger partial charge < -0.3 is 9.47 Å². The molecule has 0 saturated carbocycles. The molecule has 0 radical (unpaired) electrons. The van der Waals surface area contributed by atoms with Crippen LogP contribution in [0.1, 0.15) is 17.3 Å². The maximum atomic E-state index is 13.8. The molecule has 1 aromatic carbocycles. The van der Waals surface area contributed by atoms with Crippen LogP contribution >= 0.6 is 11.6 Å². The molecule has 2 rings (SSSR count). The number of rotatable bonds is 4. The Morgan fingerprint density at radius 2 is 2.10 bits per heavy atom. The van der Waals surface area contributed by atoms with E-state index in [1.807, 2.05) is 0 Å². The van der Waals surface area contributed by atoms with Crippen LogP contribution < -0.4 is 9.47 Å². The quantitative estimate of drug-likeness (QED) is 0.810. The topological polar surface area (TPSA) is 48.4 Å². The van der Waals surface area contributed by atoms with E-state index in [0.29, 0.717) is 17.4 Å². The van der Waals surface area contributed by atoms with Gasteiger partial charge in [-0.25, -0.2) is 9.18 Å². The second kappa shape index (κ2) is 6.34. The van der Waals surface area contributed by atoms with Crippen molar-refractivity contribution >= 4 is 17.6 Å². The third-order valence-corrected chi connectivity index (χ3v) is 2.57. The molecule has 0 saturated heterocycles. The summed E-state index contributed by atoms with van der Waals surface area (Å²) in [5.41, 5.74) is -0.187. The van der Waals surface area contributed by atoms with Crippen molar-refractivity contribution in [1.82, 2.24) is 4.98 Å². The number of aromatic nitrogens is 1. The largest absolute Gasteiger partial charge is 0.494 e. The van der Waals surface area contributed by atoms with Crippen LogP contribution in [-0.2, 0) is 0 Å². The molecule has 0 amide bonds. The number of benzene rings is 1. The maximum absolute atomic E-state index is 13.8. The van der Waals surface area contributed by atoms with Crippen LogP contribution in [0.5, 0.6) is 11.5 Å². The lowest BCUT2D eigenvalue weighted by Gasteiger charge is -2.07. The van der Waals surface area contributed by atoms with Gasteiger partial charge in [-0.2, -0.15) is 0 Å². The zero-order valence-corrected chi connectivity index (χ0v) is 11.4. The zero-order valence-electron chi connectivity index (χ0n) is 10.6. The Morgan fingerprint density at radius 1 is 1.30 bits per heavy atom. The number of halogens is 2. The Bertz CT molecular complexity index is 634. The van der Waals surface area contributed by atoms with Crippen LogP contribution in [0.3, 0.4) is 0 Å². The van der Waals surface area contributed by atoms with E-state index in [9.17, 15) is 9.18 Å². The predicted octanol–water partition coefficient (Wildman–Crippen LogP) is 3.49. The van der Waals surface area contributed by atoms with E-state index < -0.39 is 11.8 Å². The van der Waals surface area contributed by atoms with E-state index in [1.54, 1.807) is 6.92 Å². The first-order valence-corrected chi connectivity index (χ1v) is 6.23. The van der Waals surface area contributed by atoms with Crippen molar-refractivity contribution in [1.29, 1.82) is 0 Å². The molecule has 20 heavy (non-hydrogen) atoms. The lowest BCUT2D eigenvalue weighted by molar-refractivity contribution is 0.0729. The first-order valence-electron chi connectivity index (χ1n) is 5.85. The normalized spacial score (nSPS) is 10.2. The van der Waals surface area contributed by atoms with E-state index in [0.717, 1.165) is 6.07 Å². The Labute approximate surface area is 120 Å². The summed E-state index contributed by atoms with van der Waals surface area (Å²) in [5.74, 6) is -1.03. The molecule has 2 aromatic rings.